The molecule has 0 saturated carbocycles. The highest BCUT2D eigenvalue weighted by Crippen LogP contribution is 2.45. The predicted molar refractivity (Wildman–Crippen MR) is 134 cm³/mol. The highest BCUT2D eigenvalue weighted by Gasteiger charge is 2.16. The Morgan fingerprint density at radius 1 is 0.613 bits per heavy atom. The molecular weight excluding hydrogens is 418 g/mol. The lowest BCUT2D eigenvalue weighted by Gasteiger charge is -2.08. The highest BCUT2D eigenvalue weighted by molar-refractivity contribution is 7.33. The van der Waals surface area contributed by atoms with Gasteiger partial charge in [0, 0.05) is 60.3 Å². The minimum atomic E-state index is 0.911. The van der Waals surface area contributed by atoms with Gasteiger partial charge < -0.3 is 0 Å². The van der Waals surface area contributed by atoms with Crippen LogP contribution in [0.25, 0.3) is 67.8 Å². The second kappa shape index (κ2) is 5.58. The normalized spacial score (nSPS) is 12.5. The number of benzene rings is 3. The number of aromatic nitrogens is 3. The Balaban J connectivity index is 1.61. The Hall–Kier alpha value is -3.54. The summed E-state index contributed by atoms with van der Waals surface area (Å²) < 4.78 is 7.62. The van der Waals surface area contributed by atoms with Gasteiger partial charge in [0.2, 0.25) is 0 Å². The second-order valence-electron chi connectivity index (χ2n) is 7.91. The molecule has 5 heteroatoms. The largest absolute Gasteiger partial charge is 0.298 e. The molecule has 5 aromatic heterocycles. The Bertz CT molecular complexity index is 2010. The van der Waals surface area contributed by atoms with Crippen molar-refractivity contribution in [2.75, 3.05) is 0 Å². The maximum atomic E-state index is 4.64. The minimum absolute atomic E-state index is 0.911. The third kappa shape index (κ3) is 1.98. The molecule has 0 aliphatic rings. The number of rotatable bonds is 0. The topological polar surface area (TPSA) is 30.2 Å². The smallest absolute Gasteiger partial charge is 0.163 e. The van der Waals surface area contributed by atoms with E-state index in [1.807, 2.05) is 47.3 Å². The van der Waals surface area contributed by atoms with Gasteiger partial charge in [0.05, 0.1) is 14.9 Å². The molecule has 0 unspecified atom stereocenters. The van der Waals surface area contributed by atoms with Crippen molar-refractivity contribution >= 4 is 90.5 Å². The van der Waals surface area contributed by atoms with Crippen molar-refractivity contribution in [3.8, 4) is 0 Å². The lowest BCUT2D eigenvalue weighted by Crippen LogP contribution is -1.91. The molecular formula is C26H13N3S2. The summed E-state index contributed by atoms with van der Waals surface area (Å²) >= 11 is 3.80. The fourth-order valence-electron chi connectivity index (χ4n) is 4.94. The first-order chi connectivity index (χ1) is 15.4. The molecule has 3 nitrogen and oxygen atoms in total. The Morgan fingerprint density at radius 2 is 1.42 bits per heavy atom. The first-order valence-corrected chi connectivity index (χ1v) is 11.8. The van der Waals surface area contributed by atoms with Gasteiger partial charge >= 0.3 is 0 Å². The summed E-state index contributed by atoms with van der Waals surface area (Å²) in [6.07, 6.45) is 5.74. The van der Waals surface area contributed by atoms with E-state index in [0.717, 1.165) is 16.6 Å². The molecule has 8 aromatic rings. The summed E-state index contributed by atoms with van der Waals surface area (Å²) in [6.45, 7) is 0. The fourth-order valence-corrected chi connectivity index (χ4v) is 7.50. The zero-order chi connectivity index (χ0) is 20.1. The maximum Gasteiger partial charge on any atom is 0.163 e. The van der Waals surface area contributed by atoms with E-state index in [1.165, 1.54) is 51.2 Å². The average Bonchev–Trinajstić information content (AvgIpc) is 3.53. The van der Waals surface area contributed by atoms with Gasteiger partial charge in [-0.3, -0.25) is 9.38 Å². The van der Waals surface area contributed by atoms with E-state index >= 15 is 0 Å². The zero-order valence-corrected chi connectivity index (χ0v) is 17.8. The van der Waals surface area contributed by atoms with E-state index in [2.05, 4.69) is 69.0 Å². The van der Waals surface area contributed by atoms with Gasteiger partial charge in [-0.2, -0.15) is 0 Å². The van der Waals surface area contributed by atoms with Crippen molar-refractivity contribution < 1.29 is 0 Å². The van der Waals surface area contributed by atoms with E-state index in [9.17, 15) is 0 Å². The van der Waals surface area contributed by atoms with Gasteiger partial charge in [0.15, 0.2) is 5.65 Å². The molecule has 0 fully saturated rings. The lowest BCUT2D eigenvalue weighted by atomic mass is 10.0. The first-order valence-electron chi connectivity index (χ1n) is 10.2. The summed E-state index contributed by atoms with van der Waals surface area (Å²) in [6, 6.07) is 22.2. The number of pyridine rings is 2. The SMILES string of the molecule is c1ccc2c(c1)sc1c2ccc2c3cc4c(cc3sc21)c1cccnc1c1nccn41. The van der Waals surface area contributed by atoms with E-state index in [0.29, 0.717) is 0 Å². The number of thiophene rings is 2. The van der Waals surface area contributed by atoms with Crippen LogP contribution in [0.15, 0.2) is 79.3 Å². The van der Waals surface area contributed by atoms with E-state index in [-0.39, 0.29) is 0 Å². The van der Waals surface area contributed by atoms with Crippen LogP contribution in [0.2, 0.25) is 0 Å². The monoisotopic (exact) mass is 431 g/mol. The molecule has 0 atom stereocenters. The molecule has 8 rings (SSSR count). The van der Waals surface area contributed by atoms with Crippen molar-refractivity contribution in [1.82, 2.24) is 14.4 Å². The number of nitrogens with zero attached hydrogens (tertiary/aromatic N) is 3. The Morgan fingerprint density at radius 3 is 2.35 bits per heavy atom. The van der Waals surface area contributed by atoms with Crippen LogP contribution >= 0.6 is 22.7 Å². The van der Waals surface area contributed by atoms with Gasteiger partial charge in [0.1, 0.15) is 5.52 Å². The van der Waals surface area contributed by atoms with Gasteiger partial charge in [-0.25, -0.2) is 4.98 Å². The molecule has 0 amide bonds. The van der Waals surface area contributed by atoms with Crippen molar-refractivity contribution in [2.45, 2.75) is 0 Å². The van der Waals surface area contributed by atoms with Crippen LogP contribution in [0.4, 0.5) is 0 Å². The number of hydrogen-bond donors (Lipinski definition) is 0. The van der Waals surface area contributed by atoms with Crippen LogP contribution < -0.4 is 0 Å². The van der Waals surface area contributed by atoms with Crippen LogP contribution in [0, 0.1) is 0 Å². The van der Waals surface area contributed by atoms with Gasteiger partial charge in [-0.15, -0.1) is 22.7 Å². The molecule has 5 heterocycles. The van der Waals surface area contributed by atoms with Crippen LogP contribution in [0.1, 0.15) is 0 Å². The molecule has 0 aliphatic carbocycles. The highest BCUT2D eigenvalue weighted by atomic mass is 32.1. The molecule has 0 aliphatic heterocycles. The van der Waals surface area contributed by atoms with E-state index in [1.54, 1.807) is 0 Å². The minimum Gasteiger partial charge on any atom is -0.298 e. The standard InChI is InChI=1S/C26H13N3S2/c1-2-6-21-14(4-1)16-7-8-17-19-12-20-18(13-22(19)31-25(17)24(16)30-21)15-5-3-9-27-23(15)26-28-10-11-29(20)26/h1-13H. The molecule has 0 saturated heterocycles. The zero-order valence-electron chi connectivity index (χ0n) is 16.2. The third-order valence-corrected chi connectivity index (χ3v) is 8.83. The van der Waals surface area contributed by atoms with Crippen LogP contribution in [0.5, 0.6) is 0 Å². The predicted octanol–water partition coefficient (Wildman–Crippen LogP) is 7.77. The second-order valence-corrected chi connectivity index (χ2v) is 10.0. The Kier molecular flexibility index (Phi) is 2.91. The molecule has 0 N–H and O–H groups in total. The number of imidazole rings is 1. The van der Waals surface area contributed by atoms with E-state index < -0.39 is 0 Å². The van der Waals surface area contributed by atoms with Crippen molar-refractivity contribution in [1.29, 1.82) is 0 Å². The summed E-state index contributed by atoms with van der Waals surface area (Å²) in [4.78, 5) is 9.24. The molecule has 3 aromatic carbocycles. The summed E-state index contributed by atoms with van der Waals surface area (Å²) in [7, 11) is 0. The van der Waals surface area contributed by atoms with E-state index in [4.69, 9.17) is 0 Å². The number of fused-ring (bicyclic) bond motifs is 13. The molecule has 144 valence electrons. The Labute approximate surface area is 183 Å². The van der Waals surface area contributed by atoms with Crippen LogP contribution in [0.3, 0.4) is 0 Å². The van der Waals surface area contributed by atoms with Gasteiger partial charge in [-0.1, -0.05) is 36.4 Å². The summed E-state index contributed by atoms with van der Waals surface area (Å²) in [5.41, 5.74) is 3.04. The molecule has 0 bridgehead atoms. The van der Waals surface area contributed by atoms with Crippen molar-refractivity contribution in [2.24, 2.45) is 0 Å². The lowest BCUT2D eigenvalue weighted by molar-refractivity contribution is 1.26. The fraction of sp³-hybridized carbons (Fsp3) is 0. The van der Waals surface area contributed by atoms with Gasteiger partial charge in [-0.05, 0) is 24.3 Å². The molecule has 31 heavy (non-hydrogen) atoms. The maximum absolute atomic E-state index is 4.64. The average molecular weight is 432 g/mol. The van der Waals surface area contributed by atoms with Crippen molar-refractivity contribution in [3.63, 3.8) is 0 Å². The third-order valence-electron chi connectivity index (χ3n) is 6.31. The van der Waals surface area contributed by atoms with Crippen molar-refractivity contribution in [3.05, 3.63) is 79.3 Å². The van der Waals surface area contributed by atoms with Gasteiger partial charge in [0.25, 0.3) is 0 Å². The quantitative estimate of drug-likeness (QED) is 0.230. The molecule has 0 radical (unpaired) electrons. The number of hydrogen-bond acceptors (Lipinski definition) is 4. The van der Waals surface area contributed by atoms with Crippen LogP contribution in [-0.4, -0.2) is 14.4 Å². The summed E-state index contributed by atoms with van der Waals surface area (Å²) in [5.74, 6) is 0. The van der Waals surface area contributed by atoms with Crippen LogP contribution in [-0.2, 0) is 0 Å². The first kappa shape index (κ1) is 16.2. The molecule has 0 spiro atoms. The summed E-state index contributed by atoms with van der Waals surface area (Å²) in [5, 5.41) is 7.73.